The zero-order valence-electron chi connectivity index (χ0n) is 15.0. The highest BCUT2D eigenvalue weighted by Crippen LogP contribution is 2.26. The molecule has 26 heavy (non-hydrogen) atoms. The van der Waals surface area contributed by atoms with Crippen LogP contribution >= 0.6 is 0 Å². The minimum absolute atomic E-state index is 0.0115. The van der Waals surface area contributed by atoms with Gasteiger partial charge >= 0.3 is 0 Å². The monoisotopic (exact) mass is 352 g/mol. The highest BCUT2D eigenvalue weighted by molar-refractivity contribution is 6.00. The van der Waals surface area contributed by atoms with Crippen LogP contribution in [-0.2, 0) is 4.79 Å². The second-order valence-corrected chi connectivity index (χ2v) is 6.41. The molecule has 0 atom stereocenters. The van der Waals surface area contributed by atoms with E-state index in [1.54, 1.807) is 12.1 Å². The molecule has 1 N–H and O–H groups in total. The molecule has 3 rings (SSSR count). The normalized spacial score (nSPS) is 14.0. The van der Waals surface area contributed by atoms with Crippen LogP contribution in [-0.4, -0.2) is 43.5 Å². The summed E-state index contributed by atoms with van der Waals surface area (Å²) in [5.41, 5.74) is 2.38. The van der Waals surface area contributed by atoms with Gasteiger partial charge in [0.05, 0.1) is 19.2 Å². The predicted octanol–water partition coefficient (Wildman–Crippen LogP) is 3.10. The molecule has 1 aliphatic heterocycles. The van der Waals surface area contributed by atoms with Gasteiger partial charge in [-0.05, 0) is 42.5 Å². The van der Waals surface area contributed by atoms with Crippen LogP contribution in [0.3, 0.4) is 0 Å². The van der Waals surface area contributed by atoms with Gasteiger partial charge in [0.25, 0.3) is 5.91 Å². The van der Waals surface area contributed by atoms with Gasteiger partial charge in [-0.1, -0.05) is 36.4 Å². The Kier molecular flexibility index (Phi) is 5.89. The molecule has 0 bridgehead atoms. The molecule has 0 spiro atoms. The number of benzene rings is 2. The Balaban J connectivity index is 1.72. The van der Waals surface area contributed by atoms with Crippen LogP contribution in [0, 0.1) is 0 Å². The highest BCUT2D eigenvalue weighted by atomic mass is 16.5. The first-order valence-electron chi connectivity index (χ1n) is 8.98. The van der Waals surface area contributed by atoms with Gasteiger partial charge in [0, 0.05) is 13.1 Å². The van der Waals surface area contributed by atoms with Gasteiger partial charge in [-0.3, -0.25) is 9.59 Å². The van der Waals surface area contributed by atoms with E-state index < -0.39 is 0 Å². The molecule has 5 heteroatoms. The SMILES string of the molecule is COc1ccc(-c2ccccc2)cc1C(=O)NCC(=O)N1CCCCC1. The first-order valence-corrected chi connectivity index (χ1v) is 8.98. The summed E-state index contributed by atoms with van der Waals surface area (Å²) in [7, 11) is 1.53. The molecule has 2 aromatic carbocycles. The van der Waals surface area contributed by atoms with Gasteiger partial charge < -0.3 is 15.0 Å². The number of carbonyl (C=O) groups is 2. The largest absolute Gasteiger partial charge is 0.496 e. The van der Waals surface area contributed by atoms with Crippen LogP contribution in [0.25, 0.3) is 11.1 Å². The van der Waals surface area contributed by atoms with E-state index in [4.69, 9.17) is 4.74 Å². The highest BCUT2D eigenvalue weighted by Gasteiger charge is 2.19. The summed E-state index contributed by atoms with van der Waals surface area (Å²) >= 11 is 0. The van der Waals surface area contributed by atoms with Gasteiger partial charge in [-0.2, -0.15) is 0 Å². The zero-order valence-corrected chi connectivity index (χ0v) is 15.0. The quantitative estimate of drug-likeness (QED) is 0.899. The first-order chi connectivity index (χ1) is 12.7. The van der Waals surface area contributed by atoms with Crippen molar-refractivity contribution in [2.45, 2.75) is 19.3 Å². The Morgan fingerprint density at radius 1 is 1.00 bits per heavy atom. The number of carbonyl (C=O) groups excluding carboxylic acids is 2. The molecule has 1 saturated heterocycles. The van der Waals surface area contributed by atoms with E-state index in [0.717, 1.165) is 37.1 Å². The first kappa shape index (κ1) is 18.0. The van der Waals surface area contributed by atoms with Crippen molar-refractivity contribution in [1.82, 2.24) is 10.2 Å². The van der Waals surface area contributed by atoms with Crippen molar-refractivity contribution >= 4 is 11.8 Å². The molecular formula is C21H24N2O3. The number of likely N-dealkylation sites (tertiary alicyclic amines) is 1. The third-order valence-corrected chi connectivity index (χ3v) is 4.66. The van der Waals surface area contributed by atoms with Crippen molar-refractivity contribution in [3.63, 3.8) is 0 Å². The van der Waals surface area contributed by atoms with E-state index >= 15 is 0 Å². The number of amides is 2. The summed E-state index contributed by atoms with van der Waals surface area (Å²) in [6, 6.07) is 15.3. The second kappa shape index (κ2) is 8.52. The summed E-state index contributed by atoms with van der Waals surface area (Å²) in [5.74, 6) is 0.161. The van der Waals surface area contributed by atoms with E-state index in [9.17, 15) is 9.59 Å². The number of hydrogen-bond acceptors (Lipinski definition) is 3. The topological polar surface area (TPSA) is 58.6 Å². The number of rotatable bonds is 5. The number of hydrogen-bond donors (Lipinski definition) is 1. The summed E-state index contributed by atoms with van der Waals surface area (Å²) in [6.07, 6.45) is 3.23. The number of piperidine rings is 1. The Hall–Kier alpha value is -2.82. The van der Waals surface area contributed by atoms with E-state index in [1.165, 1.54) is 13.5 Å². The molecule has 0 saturated carbocycles. The number of ether oxygens (including phenoxy) is 1. The van der Waals surface area contributed by atoms with E-state index in [2.05, 4.69) is 5.32 Å². The lowest BCUT2D eigenvalue weighted by Gasteiger charge is -2.26. The average Bonchev–Trinajstić information content (AvgIpc) is 2.72. The van der Waals surface area contributed by atoms with E-state index in [1.807, 2.05) is 41.3 Å². The smallest absolute Gasteiger partial charge is 0.255 e. The molecule has 1 aliphatic rings. The molecule has 0 radical (unpaired) electrons. The van der Waals surface area contributed by atoms with Crippen LogP contribution < -0.4 is 10.1 Å². The number of nitrogens with zero attached hydrogens (tertiary/aromatic N) is 1. The molecule has 0 aromatic heterocycles. The van der Waals surface area contributed by atoms with Crippen LogP contribution in [0.1, 0.15) is 29.6 Å². The van der Waals surface area contributed by atoms with Crippen molar-refractivity contribution in [3.05, 3.63) is 54.1 Å². The van der Waals surface area contributed by atoms with Gasteiger partial charge in [0.2, 0.25) is 5.91 Å². The van der Waals surface area contributed by atoms with Gasteiger partial charge in [0.1, 0.15) is 5.75 Å². The van der Waals surface area contributed by atoms with Crippen LogP contribution in [0.15, 0.2) is 48.5 Å². The molecule has 1 heterocycles. The van der Waals surface area contributed by atoms with Crippen molar-refractivity contribution in [1.29, 1.82) is 0 Å². The fourth-order valence-corrected chi connectivity index (χ4v) is 3.20. The summed E-state index contributed by atoms with van der Waals surface area (Å²) in [6.45, 7) is 1.57. The molecule has 2 amide bonds. The molecule has 0 aliphatic carbocycles. The van der Waals surface area contributed by atoms with Crippen molar-refractivity contribution in [2.24, 2.45) is 0 Å². The van der Waals surface area contributed by atoms with Gasteiger partial charge in [0.15, 0.2) is 0 Å². The third-order valence-electron chi connectivity index (χ3n) is 4.66. The Labute approximate surface area is 154 Å². The Morgan fingerprint density at radius 3 is 2.42 bits per heavy atom. The predicted molar refractivity (Wildman–Crippen MR) is 101 cm³/mol. The third kappa shape index (κ3) is 4.23. The molecule has 1 fully saturated rings. The lowest BCUT2D eigenvalue weighted by atomic mass is 10.0. The van der Waals surface area contributed by atoms with Crippen molar-refractivity contribution < 1.29 is 14.3 Å². The molecule has 0 unspecified atom stereocenters. The lowest BCUT2D eigenvalue weighted by molar-refractivity contribution is -0.130. The molecule has 136 valence electrons. The summed E-state index contributed by atoms with van der Waals surface area (Å²) in [5, 5.41) is 2.74. The standard InChI is InChI=1S/C21H24N2O3/c1-26-19-11-10-17(16-8-4-2-5-9-16)14-18(19)21(25)22-15-20(24)23-12-6-3-7-13-23/h2,4-5,8-11,14H,3,6-7,12-13,15H2,1H3,(H,22,25). The van der Waals surface area contributed by atoms with Gasteiger partial charge in [-0.15, -0.1) is 0 Å². The average molecular weight is 352 g/mol. The lowest BCUT2D eigenvalue weighted by Crippen LogP contribution is -2.42. The van der Waals surface area contributed by atoms with Gasteiger partial charge in [-0.25, -0.2) is 0 Å². The number of methoxy groups -OCH3 is 1. The number of nitrogens with one attached hydrogen (secondary N) is 1. The fourth-order valence-electron chi connectivity index (χ4n) is 3.20. The van der Waals surface area contributed by atoms with E-state index in [-0.39, 0.29) is 18.4 Å². The van der Waals surface area contributed by atoms with Crippen LogP contribution in [0.2, 0.25) is 0 Å². The fraction of sp³-hybridized carbons (Fsp3) is 0.333. The van der Waals surface area contributed by atoms with Crippen molar-refractivity contribution in [3.8, 4) is 16.9 Å². The maximum Gasteiger partial charge on any atom is 0.255 e. The van der Waals surface area contributed by atoms with E-state index in [0.29, 0.717) is 11.3 Å². The maximum atomic E-state index is 12.6. The Morgan fingerprint density at radius 2 is 1.73 bits per heavy atom. The van der Waals surface area contributed by atoms with Crippen LogP contribution in [0.5, 0.6) is 5.75 Å². The minimum atomic E-state index is -0.301. The molecule has 5 nitrogen and oxygen atoms in total. The summed E-state index contributed by atoms with van der Waals surface area (Å²) in [4.78, 5) is 26.7. The van der Waals surface area contributed by atoms with Crippen LogP contribution in [0.4, 0.5) is 0 Å². The molecular weight excluding hydrogens is 328 g/mol. The second-order valence-electron chi connectivity index (χ2n) is 6.41. The molecule has 2 aromatic rings. The zero-order chi connectivity index (χ0) is 18.4. The maximum absolute atomic E-state index is 12.6. The minimum Gasteiger partial charge on any atom is -0.496 e. The summed E-state index contributed by atoms with van der Waals surface area (Å²) < 4.78 is 5.32. The van der Waals surface area contributed by atoms with Crippen molar-refractivity contribution in [2.75, 3.05) is 26.7 Å². The Bertz CT molecular complexity index is 768.